The van der Waals surface area contributed by atoms with Gasteiger partial charge in [0.1, 0.15) is 5.58 Å². The van der Waals surface area contributed by atoms with Crippen LogP contribution in [-0.4, -0.2) is 22.2 Å². The standard InChI is InChI=1S/C25H21N3O2/c29-24(26-13-12-18-15-27-28(16-18)21-7-2-1-3-8-21)14-20-17-30-23-11-10-19-6-4-5-9-22(19)25(20)23/h1-11,15-17H,12-14H2,(H,26,29). The number of aromatic nitrogens is 2. The molecule has 148 valence electrons. The number of para-hydroxylation sites is 1. The van der Waals surface area contributed by atoms with E-state index in [2.05, 4.69) is 22.5 Å². The maximum atomic E-state index is 12.5. The molecule has 0 spiro atoms. The molecule has 1 N–H and O–H groups in total. The van der Waals surface area contributed by atoms with Crippen molar-refractivity contribution in [2.75, 3.05) is 6.54 Å². The quantitative estimate of drug-likeness (QED) is 0.454. The highest BCUT2D eigenvalue weighted by Crippen LogP contribution is 2.30. The molecule has 0 aliphatic carbocycles. The van der Waals surface area contributed by atoms with Crippen molar-refractivity contribution < 1.29 is 9.21 Å². The summed E-state index contributed by atoms with van der Waals surface area (Å²) < 4.78 is 7.53. The fourth-order valence-electron chi connectivity index (χ4n) is 3.80. The smallest absolute Gasteiger partial charge is 0.224 e. The van der Waals surface area contributed by atoms with Gasteiger partial charge in [-0.05, 0) is 41.0 Å². The monoisotopic (exact) mass is 395 g/mol. The maximum absolute atomic E-state index is 12.5. The van der Waals surface area contributed by atoms with Crippen LogP contribution in [0.5, 0.6) is 0 Å². The summed E-state index contributed by atoms with van der Waals surface area (Å²) in [6.07, 6.45) is 6.56. The van der Waals surface area contributed by atoms with Gasteiger partial charge in [-0.1, -0.05) is 48.5 Å². The number of hydrogen-bond donors (Lipinski definition) is 1. The largest absolute Gasteiger partial charge is 0.464 e. The number of furan rings is 1. The Balaban J connectivity index is 1.23. The van der Waals surface area contributed by atoms with Crippen LogP contribution in [-0.2, 0) is 17.6 Å². The summed E-state index contributed by atoms with van der Waals surface area (Å²) in [7, 11) is 0. The van der Waals surface area contributed by atoms with Crippen molar-refractivity contribution in [3.05, 3.63) is 96.5 Å². The van der Waals surface area contributed by atoms with Gasteiger partial charge in [0, 0.05) is 23.7 Å². The lowest BCUT2D eigenvalue weighted by molar-refractivity contribution is -0.120. The van der Waals surface area contributed by atoms with E-state index in [4.69, 9.17) is 4.42 Å². The van der Waals surface area contributed by atoms with E-state index in [0.717, 1.165) is 45.0 Å². The number of hydrogen-bond acceptors (Lipinski definition) is 3. The Morgan fingerprint density at radius 3 is 2.73 bits per heavy atom. The Morgan fingerprint density at radius 2 is 1.83 bits per heavy atom. The molecule has 30 heavy (non-hydrogen) atoms. The van der Waals surface area contributed by atoms with Crippen LogP contribution in [0.4, 0.5) is 0 Å². The number of carbonyl (C=O) groups excluding carboxylic acids is 1. The minimum Gasteiger partial charge on any atom is -0.464 e. The Bertz CT molecular complexity index is 1320. The minimum atomic E-state index is -0.0129. The first-order chi connectivity index (χ1) is 14.8. The van der Waals surface area contributed by atoms with Gasteiger partial charge in [0.2, 0.25) is 5.91 Å². The fourth-order valence-corrected chi connectivity index (χ4v) is 3.80. The van der Waals surface area contributed by atoms with Crippen LogP contribution in [0.15, 0.2) is 89.8 Å². The van der Waals surface area contributed by atoms with E-state index >= 15 is 0 Å². The highest BCUT2D eigenvalue weighted by molar-refractivity contribution is 6.08. The molecule has 2 aromatic heterocycles. The molecule has 5 rings (SSSR count). The first kappa shape index (κ1) is 18.2. The molecule has 5 aromatic rings. The zero-order valence-electron chi connectivity index (χ0n) is 16.4. The topological polar surface area (TPSA) is 60.1 Å². The van der Waals surface area contributed by atoms with Crippen LogP contribution >= 0.6 is 0 Å². The first-order valence-electron chi connectivity index (χ1n) is 10.0. The molecule has 5 nitrogen and oxygen atoms in total. The number of carbonyl (C=O) groups is 1. The highest BCUT2D eigenvalue weighted by Gasteiger charge is 2.13. The lowest BCUT2D eigenvalue weighted by atomic mass is 10.0. The van der Waals surface area contributed by atoms with E-state index in [1.165, 1.54) is 0 Å². The molecule has 0 saturated heterocycles. The van der Waals surface area contributed by atoms with E-state index in [-0.39, 0.29) is 5.91 Å². The third-order valence-electron chi connectivity index (χ3n) is 5.28. The lowest BCUT2D eigenvalue weighted by Crippen LogP contribution is -2.27. The molecule has 0 saturated carbocycles. The molecular weight excluding hydrogens is 374 g/mol. The first-order valence-corrected chi connectivity index (χ1v) is 10.0. The molecule has 0 bridgehead atoms. The fraction of sp³-hybridized carbons (Fsp3) is 0.120. The van der Waals surface area contributed by atoms with Crippen LogP contribution in [0.3, 0.4) is 0 Å². The Morgan fingerprint density at radius 1 is 1.00 bits per heavy atom. The SMILES string of the molecule is O=C(Cc1coc2ccc3ccccc3c12)NCCc1cnn(-c2ccccc2)c1. The van der Waals surface area contributed by atoms with Gasteiger partial charge in [-0.3, -0.25) is 4.79 Å². The normalized spacial score (nSPS) is 11.2. The molecule has 3 aromatic carbocycles. The molecule has 5 heteroatoms. The summed E-state index contributed by atoms with van der Waals surface area (Å²) >= 11 is 0. The Labute approximate surface area is 173 Å². The second-order valence-electron chi connectivity index (χ2n) is 7.33. The number of fused-ring (bicyclic) bond motifs is 3. The summed E-state index contributed by atoms with van der Waals surface area (Å²) in [5.41, 5.74) is 3.83. The van der Waals surface area contributed by atoms with Gasteiger partial charge < -0.3 is 9.73 Å². The summed E-state index contributed by atoms with van der Waals surface area (Å²) in [5.74, 6) is -0.0129. The number of nitrogens with zero attached hydrogens (tertiary/aromatic N) is 2. The molecule has 2 heterocycles. The van der Waals surface area contributed by atoms with E-state index in [1.807, 2.05) is 71.7 Å². The van der Waals surface area contributed by atoms with Crippen molar-refractivity contribution in [3.63, 3.8) is 0 Å². The molecule has 0 aliphatic rings. The van der Waals surface area contributed by atoms with Crippen molar-refractivity contribution in [2.45, 2.75) is 12.8 Å². The van der Waals surface area contributed by atoms with Gasteiger partial charge in [0.25, 0.3) is 0 Å². The van der Waals surface area contributed by atoms with Gasteiger partial charge in [0.05, 0.1) is 24.6 Å². The Kier molecular flexibility index (Phi) is 4.77. The van der Waals surface area contributed by atoms with Crippen molar-refractivity contribution >= 4 is 27.6 Å². The molecule has 0 atom stereocenters. The molecule has 0 aliphatic heterocycles. The van der Waals surface area contributed by atoms with Crippen LogP contribution in [0.25, 0.3) is 27.4 Å². The van der Waals surface area contributed by atoms with E-state index < -0.39 is 0 Å². The summed E-state index contributed by atoms with van der Waals surface area (Å²) in [6.45, 7) is 0.565. The zero-order chi connectivity index (χ0) is 20.3. The number of amides is 1. The summed E-state index contributed by atoms with van der Waals surface area (Å²) in [4.78, 5) is 12.5. The molecular formula is C25H21N3O2. The van der Waals surface area contributed by atoms with Crippen LogP contribution in [0.1, 0.15) is 11.1 Å². The van der Waals surface area contributed by atoms with Crippen molar-refractivity contribution in [2.24, 2.45) is 0 Å². The average Bonchev–Trinajstić information content (AvgIpc) is 3.42. The molecule has 0 fully saturated rings. The predicted octanol–water partition coefficient (Wildman–Crippen LogP) is 4.67. The Hall–Kier alpha value is -3.86. The van der Waals surface area contributed by atoms with Gasteiger partial charge in [-0.2, -0.15) is 5.10 Å². The van der Waals surface area contributed by atoms with Crippen molar-refractivity contribution in [3.8, 4) is 5.69 Å². The number of nitrogens with one attached hydrogen (secondary N) is 1. The molecule has 0 unspecified atom stereocenters. The second-order valence-corrected chi connectivity index (χ2v) is 7.33. The summed E-state index contributed by atoms with van der Waals surface area (Å²) in [5, 5.41) is 10.7. The predicted molar refractivity (Wildman–Crippen MR) is 118 cm³/mol. The summed E-state index contributed by atoms with van der Waals surface area (Å²) in [6, 6.07) is 22.1. The van der Waals surface area contributed by atoms with Crippen molar-refractivity contribution in [1.82, 2.24) is 15.1 Å². The second kappa shape index (κ2) is 7.87. The highest BCUT2D eigenvalue weighted by atomic mass is 16.3. The van der Waals surface area contributed by atoms with Gasteiger partial charge in [-0.15, -0.1) is 0 Å². The van der Waals surface area contributed by atoms with E-state index in [9.17, 15) is 4.79 Å². The lowest BCUT2D eigenvalue weighted by Gasteiger charge is -2.05. The van der Waals surface area contributed by atoms with Crippen molar-refractivity contribution in [1.29, 1.82) is 0 Å². The minimum absolute atomic E-state index is 0.0129. The molecule has 0 radical (unpaired) electrons. The van der Waals surface area contributed by atoms with Crippen LogP contribution in [0, 0.1) is 0 Å². The van der Waals surface area contributed by atoms with Gasteiger partial charge in [-0.25, -0.2) is 4.68 Å². The third-order valence-corrected chi connectivity index (χ3v) is 5.28. The average molecular weight is 395 g/mol. The maximum Gasteiger partial charge on any atom is 0.224 e. The zero-order valence-corrected chi connectivity index (χ0v) is 16.4. The van der Waals surface area contributed by atoms with Gasteiger partial charge in [0.15, 0.2) is 0 Å². The van der Waals surface area contributed by atoms with E-state index in [0.29, 0.717) is 13.0 Å². The van der Waals surface area contributed by atoms with Gasteiger partial charge >= 0.3 is 0 Å². The number of rotatable bonds is 6. The van der Waals surface area contributed by atoms with E-state index in [1.54, 1.807) is 6.26 Å². The van der Waals surface area contributed by atoms with Crippen LogP contribution in [0.2, 0.25) is 0 Å². The molecule has 1 amide bonds. The third kappa shape index (κ3) is 3.57. The number of benzene rings is 3. The van der Waals surface area contributed by atoms with Crippen LogP contribution < -0.4 is 5.32 Å².